The fourth-order valence-corrected chi connectivity index (χ4v) is 2.83. The molecule has 5 nitrogen and oxygen atoms in total. The van der Waals surface area contributed by atoms with Crippen LogP contribution in [0.4, 0.5) is 5.13 Å². The second-order valence-corrected chi connectivity index (χ2v) is 7.81. The van der Waals surface area contributed by atoms with E-state index in [0.29, 0.717) is 5.96 Å². The van der Waals surface area contributed by atoms with Gasteiger partial charge in [0.2, 0.25) is 0 Å². The highest BCUT2D eigenvalue weighted by Gasteiger charge is 2.21. The maximum Gasteiger partial charge on any atom is 0.191 e. The molecule has 20 heavy (non-hydrogen) atoms. The van der Waals surface area contributed by atoms with Crippen molar-refractivity contribution in [2.75, 3.05) is 43.9 Å². The van der Waals surface area contributed by atoms with Crippen molar-refractivity contribution < 1.29 is 0 Å². The van der Waals surface area contributed by atoms with E-state index in [4.69, 9.17) is 5.73 Å². The molecule has 1 aromatic heterocycles. The third-order valence-corrected chi connectivity index (χ3v) is 5.53. The molecular weight excluding hydrogens is 290 g/mol. The SMILES string of the molecule is CSC(C)(C)CN=C(N)N1CCN(c2nccs2)CC1. The molecule has 7 heteroatoms. The molecule has 0 bridgehead atoms. The molecule has 2 N–H and O–H groups in total. The van der Waals surface area contributed by atoms with E-state index in [1.54, 1.807) is 11.3 Å². The van der Waals surface area contributed by atoms with Crippen molar-refractivity contribution in [2.24, 2.45) is 10.7 Å². The van der Waals surface area contributed by atoms with Gasteiger partial charge in [-0.15, -0.1) is 11.3 Å². The van der Waals surface area contributed by atoms with Gasteiger partial charge in [0.15, 0.2) is 11.1 Å². The van der Waals surface area contributed by atoms with E-state index in [-0.39, 0.29) is 4.75 Å². The lowest BCUT2D eigenvalue weighted by atomic mass is 10.2. The average molecular weight is 313 g/mol. The van der Waals surface area contributed by atoms with E-state index >= 15 is 0 Å². The summed E-state index contributed by atoms with van der Waals surface area (Å²) in [5, 5.41) is 3.12. The highest BCUT2D eigenvalue weighted by atomic mass is 32.2. The highest BCUT2D eigenvalue weighted by Crippen LogP contribution is 2.21. The summed E-state index contributed by atoms with van der Waals surface area (Å²) >= 11 is 3.51. The minimum Gasteiger partial charge on any atom is -0.370 e. The van der Waals surface area contributed by atoms with Gasteiger partial charge in [-0.05, 0) is 20.1 Å². The molecule has 2 heterocycles. The van der Waals surface area contributed by atoms with Crippen molar-refractivity contribution in [3.8, 4) is 0 Å². The Bertz CT molecular complexity index is 436. The Kier molecular flexibility index (Phi) is 5.15. The number of thioether (sulfide) groups is 1. The molecule has 1 fully saturated rings. The first-order chi connectivity index (χ1) is 9.52. The molecule has 1 aliphatic rings. The number of aromatic nitrogens is 1. The molecule has 0 aromatic carbocycles. The number of thiazole rings is 1. The van der Waals surface area contributed by atoms with Crippen LogP contribution in [0.5, 0.6) is 0 Å². The molecule has 0 aliphatic carbocycles. The van der Waals surface area contributed by atoms with E-state index in [2.05, 4.69) is 39.9 Å². The van der Waals surface area contributed by atoms with Crippen LogP contribution in [-0.4, -0.2) is 59.6 Å². The summed E-state index contributed by atoms with van der Waals surface area (Å²) in [6, 6.07) is 0. The van der Waals surface area contributed by atoms with E-state index in [9.17, 15) is 0 Å². The monoisotopic (exact) mass is 313 g/mol. The van der Waals surface area contributed by atoms with Gasteiger partial charge in [-0.1, -0.05) is 0 Å². The minimum atomic E-state index is 0.146. The predicted molar refractivity (Wildman–Crippen MR) is 90.0 cm³/mol. The maximum atomic E-state index is 6.11. The highest BCUT2D eigenvalue weighted by molar-refractivity contribution is 7.99. The zero-order valence-electron chi connectivity index (χ0n) is 12.4. The number of piperazine rings is 1. The van der Waals surface area contributed by atoms with Crippen molar-refractivity contribution in [3.63, 3.8) is 0 Å². The molecule has 1 aliphatic heterocycles. The summed E-state index contributed by atoms with van der Waals surface area (Å²) in [5.41, 5.74) is 6.11. The van der Waals surface area contributed by atoms with Crippen LogP contribution in [0.25, 0.3) is 0 Å². The van der Waals surface area contributed by atoms with Crippen molar-refractivity contribution >= 4 is 34.2 Å². The van der Waals surface area contributed by atoms with Gasteiger partial charge in [-0.3, -0.25) is 4.99 Å². The van der Waals surface area contributed by atoms with Gasteiger partial charge in [-0.25, -0.2) is 4.98 Å². The van der Waals surface area contributed by atoms with Crippen LogP contribution in [-0.2, 0) is 0 Å². The second kappa shape index (κ2) is 6.67. The summed E-state index contributed by atoms with van der Waals surface area (Å²) in [6.45, 7) is 8.87. The standard InChI is InChI=1S/C13H23N5S2/c1-13(2,19-3)10-16-11(14)17-5-7-18(8-6-17)12-15-4-9-20-12/h4,9H,5-8,10H2,1-3H3,(H2,14,16). The number of nitrogens with two attached hydrogens (primary N) is 1. The van der Waals surface area contributed by atoms with Gasteiger partial charge >= 0.3 is 0 Å². The molecule has 0 spiro atoms. The predicted octanol–water partition coefficient (Wildman–Crippen LogP) is 1.72. The smallest absolute Gasteiger partial charge is 0.191 e. The lowest BCUT2D eigenvalue weighted by Gasteiger charge is -2.35. The number of nitrogens with zero attached hydrogens (tertiary/aromatic N) is 4. The van der Waals surface area contributed by atoms with Crippen LogP contribution < -0.4 is 10.6 Å². The van der Waals surface area contributed by atoms with E-state index < -0.39 is 0 Å². The third kappa shape index (κ3) is 4.02. The van der Waals surface area contributed by atoms with Crippen LogP contribution in [0, 0.1) is 0 Å². The number of rotatable bonds is 4. The first-order valence-electron chi connectivity index (χ1n) is 6.76. The Morgan fingerprint density at radius 1 is 1.45 bits per heavy atom. The van der Waals surface area contributed by atoms with Crippen LogP contribution in [0.2, 0.25) is 0 Å². The number of hydrogen-bond acceptors (Lipinski definition) is 5. The molecule has 1 aromatic rings. The Morgan fingerprint density at radius 2 is 2.15 bits per heavy atom. The summed E-state index contributed by atoms with van der Waals surface area (Å²) in [5.74, 6) is 0.672. The first kappa shape index (κ1) is 15.4. The van der Waals surface area contributed by atoms with Gasteiger partial charge in [0, 0.05) is 42.5 Å². The van der Waals surface area contributed by atoms with Gasteiger partial charge in [0.05, 0.1) is 6.54 Å². The molecule has 1 saturated heterocycles. The number of hydrogen-bond donors (Lipinski definition) is 1. The summed E-state index contributed by atoms with van der Waals surface area (Å²) in [7, 11) is 0. The molecule has 112 valence electrons. The number of anilines is 1. The van der Waals surface area contributed by atoms with Crippen LogP contribution in [0.1, 0.15) is 13.8 Å². The Balaban J connectivity index is 1.85. The van der Waals surface area contributed by atoms with Crippen LogP contribution in [0.3, 0.4) is 0 Å². The third-order valence-electron chi connectivity index (χ3n) is 3.47. The van der Waals surface area contributed by atoms with E-state index in [0.717, 1.165) is 37.9 Å². The van der Waals surface area contributed by atoms with Crippen molar-refractivity contribution in [1.29, 1.82) is 0 Å². The Labute approximate surface area is 129 Å². The lowest BCUT2D eigenvalue weighted by molar-refractivity contribution is 0.380. The largest absolute Gasteiger partial charge is 0.370 e. The summed E-state index contributed by atoms with van der Waals surface area (Å²) in [4.78, 5) is 13.4. The molecule has 0 saturated carbocycles. The van der Waals surface area contributed by atoms with Crippen molar-refractivity contribution in [3.05, 3.63) is 11.6 Å². The molecule has 2 rings (SSSR count). The van der Waals surface area contributed by atoms with Gasteiger partial charge in [-0.2, -0.15) is 11.8 Å². The van der Waals surface area contributed by atoms with Crippen molar-refractivity contribution in [1.82, 2.24) is 9.88 Å². The normalized spacial score (nSPS) is 17.6. The quantitative estimate of drug-likeness (QED) is 0.677. The fraction of sp³-hybridized carbons (Fsp3) is 0.692. The fourth-order valence-electron chi connectivity index (χ4n) is 1.93. The molecule has 0 radical (unpaired) electrons. The van der Waals surface area contributed by atoms with E-state index in [1.807, 2.05) is 23.3 Å². The molecule has 0 amide bonds. The molecule has 0 unspecified atom stereocenters. The average Bonchev–Trinajstić information content (AvgIpc) is 2.99. The maximum absolute atomic E-state index is 6.11. The Morgan fingerprint density at radius 3 is 2.70 bits per heavy atom. The molecule has 0 atom stereocenters. The second-order valence-electron chi connectivity index (χ2n) is 5.43. The van der Waals surface area contributed by atoms with Gasteiger partial charge in [0.1, 0.15) is 0 Å². The Hall–Kier alpha value is -0.950. The van der Waals surface area contributed by atoms with E-state index in [1.165, 1.54) is 0 Å². The zero-order chi connectivity index (χ0) is 14.6. The van der Waals surface area contributed by atoms with Gasteiger partial charge in [0.25, 0.3) is 0 Å². The number of aliphatic imine (C=N–C) groups is 1. The first-order valence-corrected chi connectivity index (χ1v) is 8.87. The number of guanidine groups is 1. The van der Waals surface area contributed by atoms with Crippen LogP contribution >= 0.6 is 23.1 Å². The minimum absolute atomic E-state index is 0.146. The molecular formula is C13H23N5S2. The topological polar surface area (TPSA) is 57.8 Å². The van der Waals surface area contributed by atoms with Gasteiger partial charge < -0.3 is 15.5 Å². The van der Waals surface area contributed by atoms with Crippen LogP contribution in [0.15, 0.2) is 16.6 Å². The summed E-state index contributed by atoms with van der Waals surface area (Å²) in [6.07, 6.45) is 3.96. The summed E-state index contributed by atoms with van der Waals surface area (Å²) < 4.78 is 0.146. The lowest BCUT2D eigenvalue weighted by Crippen LogP contribution is -2.51. The van der Waals surface area contributed by atoms with Crippen molar-refractivity contribution in [2.45, 2.75) is 18.6 Å². The zero-order valence-corrected chi connectivity index (χ0v) is 14.0.